The molecule has 1 aromatic heterocycles. The molecular formula is C4H4N2S2. The topological polar surface area (TPSA) is 27.8 Å². The summed E-state index contributed by atoms with van der Waals surface area (Å²) < 4.78 is 3.08. The van der Waals surface area contributed by atoms with E-state index in [4.69, 9.17) is 0 Å². The minimum absolute atomic E-state index is 1.30. The first-order valence-corrected chi connectivity index (χ1v) is 3.85. The maximum absolute atomic E-state index is 3.08. The number of fused-ring (bicyclic) bond motifs is 1. The van der Waals surface area contributed by atoms with Gasteiger partial charge in [-0.15, -0.1) is 0 Å². The summed E-state index contributed by atoms with van der Waals surface area (Å²) in [5, 5.41) is 0. The molecule has 0 spiro atoms. The van der Waals surface area contributed by atoms with Crippen LogP contribution in [0, 0.1) is 0 Å². The average molecular weight is 144 g/mol. The maximum Gasteiger partial charge on any atom is 0.0560 e. The number of H-pyrrole nitrogens is 1. The first kappa shape index (κ1) is 4.78. The minimum atomic E-state index is 1.30. The molecule has 0 bridgehead atoms. The van der Waals surface area contributed by atoms with Gasteiger partial charge >= 0.3 is 0 Å². The number of hydrogen-bond donors (Lipinski definition) is 2. The van der Waals surface area contributed by atoms with Gasteiger partial charge in [0.25, 0.3) is 0 Å². The highest BCUT2D eigenvalue weighted by atomic mass is 32.2. The molecular weight excluding hydrogens is 140 g/mol. The number of aromatic nitrogens is 1. The van der Waals surface area contributed by atoms with Crippen molar-refractivity contribution in [2.45, 2.75) is 9.79 Å². The molecule has 0 radical (unpaired) electrons. The Morgan fingerprint density at radius 1 is 1.12 bits per heavy atom. The van der Waals surface area contributed by atoms with Crippen LogP contribution in [-0.4, -0.2) is 4.98 Å². The summed E-state index contributed by atoms with van der Waals surface area (Å²) in [6.45, 7) is 0. The van der Waals surface area contributed by atoms with E-state index in [1.807, 2.05) is 12.4 Å². The summed E-state index contributed by atoms with van der Waals surface area (Å²) in [5.74, 6) is 0. The Hall–Kier alpha value is -0.0600. The van der Waals surface area contributed by atoms with Crippen molar-refractivity contribution in [2.75, 3.05) is 0 Å². The van der Waals surface area contributed by atoms with Gasteiger partial charge in [0.15, 0.2) is 0 Å². The smallest absolute Gasteiger partial charge is 0.0560 e. The van der Waals surface area contributed by atoms with Gasteiger partial charge in [-0.3, -0.25) is 0 Å². The van der Waals surface area contributed by atoms with E-state index in [1.165, 1.54) is 9.79 Å². The Bertz CT molecular complexity index is 177. The van der Waals surface area contributed by atoms with E-state index in [1.54, 1.807) is 23.9 Å². The van der Waals surface area contributed by atoms with E-state index in [0.717, 1.165) is 0 Å². The molecule has 1 aliphatic heterocycles. The molecule has 4 heteroatoms. The molecule has 0 unspecified atom stereocenters. The number of rotatable bonds is 0. The van der Waals surface area contributed by atoms with Crippen LogP contribution in [0.3, 0.4) is 0 Å². The Morgan fingerprint density at radius 3 is 2.38 bits per heavy atom. The first-order valence-electron chi connectivity index (χ1n) is 2.22. The van der Waals surface area contributed by atoms with Crippen molar-refractivity contribution in [1.82, 2.24) is 9.11 Å². The van der Waals surface area contributed by atoms with Gasteiger partial charge in [0.1, 0.15) is 0 Å². The number of aromatic amines is 1. The van der Waals surface area contributed by atoms with Crippen molar-refractivity contribution in [3.05, 3.63) is 12.4 Å². The van der Waals surface area contributed by atoms with Crippen molar-refractivity contribution >= 4 is 23.9 Å². The third-order valence-corrected chi connectivity index (χ3v) is 2.89. The normalized spacial score (nSPS) is 16.5. The molecule has 2 heterocycles. The van der Waals surface area contributed by atoms with Crippen LogP contribution in [0.15, 0.2) is 22.2 Å². The molecule has 0 saturated carbocycles. The summed E-state index contributed by atoms with van der Waals surface area (Å²) >= 11 is 3.31. The average Bonchev–Trinajstić information content (AvgIpc) is 2.15. The Morgan fingerprint density at radius 2 is 1.75 bits per heavy atom. The van der Waals surface area contributed by atoms with Gasteiger partial charge < -0.3 is 4.98 Å². The van der Waals surface area contributed by atoms with Crippen LogP contribution in [0.25, 0.3) is 0 Å². The second-order valence-corrected chi connectivity index (χ2v) is 3.43. The zero-order chi connectivity index (χ0) is 5.40. The molecule has 1 aromatic rings. The molecule has 2 N–H and O–H groups in total. The van der Waals surface area contributed by atoms with Crippen molar-refractivity contribution in [1.29, 1.82) is 0 Å². The van der Waals surface area contributed by atoms with Crippen LogP contribution in [0.2, 0.25) is 0 Å². The van der Waals surface area contributed by atoms with E-state index < -0.39 is 0 Å². The van der Waals surface area contributed by atoms with Gasteiger partial charge in [0.05, 0.1) is 9.79 Å². The molecule has 0 saturated heterocycles. The fraction of sp³-hybridized carbons (Fsp3) is 0. The maximum atomic E-state index is 3.08. The van der Waals surface area contributed by atoms with E-state index >= 15 is 0 Å². The van der Waals surface area contributed by atoms with Gasteiger partial charge in [0, 0.05) is 12.4 Å². The molecule has 0 aliphatic carbocycles. The zero-order valence-corrected chi connectivity index (χ0v) is 5.60. The van der Waals surface area contributed by atoms with Gasteiger partial charge in [-0.2, -0.15) is 4.13 Å². The second-order valence-electron chi connectivity index (χ2n) is 1.47. The molecule has 0 amide bonds. The molecule has 8 heavy (non-hydrogen) atoms. The third kappa shape index (κ3) is 0.571. The molecule has 0 fully saturated rings. The van der Waals surface area contributed by atoms with Gasteiger partial charge in [-0.25, -0.2) is 0 Å². The lowest BCUT2D eigenvalue weighted by molar-refractivity contribution is 1.36. The third-order valence-electron chi connectivity index (χ3n) is 0.975. The molecule has 1 aliphatic rings. The fourth-order valence-electron chi connectivity index (χ4n) is 0.605. The second kappa shape index (κ2) is 1.72. The Labute approximate surface area is 55.7 Å². The van der Waals surface area contributed by atoms with E-state index in [-0.39, 0.29) is 0 Å². The van der Waals surface area contributed by atoms with Crippen molar-refractivity contribution in [3.63, 3.8) is 0 Å². The van der Waals surface area contributed by atoms with Crippen LogP contribution in [0.4, 0.5) is 0 Å². The van der Waals surface area contributed by atoms with E-state index in [0.29, 0.717) is 0 Å². The highest BCUT2D eigenvalue weighted by molar-refractivity contribution is 8.15. The van der Waals surface area contributed by atoms with Gasteiger partial charge in [-0.1, -0.05) is 0 Å². The van der Waals surface area contributed by atoms with Gasteiger partial charge in [0.2, 0.25) is 0 Å². The first-order chi connectivity index (χ1) is 3.97. The van der Waals surface area contributed by atoms with Crippen LogP contribution >= 0.6 is 23.9 Å². The Balaban J connectivity index is 2.54. The van der Waals surface area contributed by atoms with Crippen LogP contribution in [0.1, 0.15) is 0 Å². The SMILES string of the molecule is c1[nH]cc2c1SNS2. The van der Waals surface area contributed by atoms with Crippen LogP contribution in [-0.2, 0) is 0 Å². The summed E-state index contributed by atoms with van der Waals surface area (Å²) in [7, 11) is 0. The number of nitrogens with one attached hydrogen (secondary N) is 2. The fourth-order valence-corrected chi connectivity index (χ4v) is 2.31. The minimum Gasteiger partial charge on any atom is -0.366 e. The van der Waals surface area contributed by atoms with Crippen LogP contribution in [0.5, 0.6) is 0 Å². The number of hydrogen-bond acceptors (Lipinski definition) is 3. The lowest BCUT2D eigenvalue weighted by atomic mass is 10.7. The standard InChI is InChI=1S/C4H4N2S2/c1-3-4(2-5-1)8-6-7-3/h1-2,5-6H. The predicted octanol–water partition coefficient (Wildman–Crippen LogP) is 1.63. The molecule has 42 valence electrons. The molecule has 0 aromatic carbocycles. The van der Waals surface area contributed by atoms with Crippen LogP contribution < -0.4 is 4.13 Å². The summed E-state index contributed by atoms with van der Waals surface area (Å²) in [5.41, 5.74) is 0. The van der Waals surface area contributed by atoms with E-state index in [2.05, 4.69) is 9.11 Å². The lowest BCUT2D eigenvalue weighted by Crippen LogP contribution is -1.75. The van der Waals surface area contributed by atoms with E-state index in [9.17, 15) is 0 Å². The Kier molecular flexibility index (Phi) is 1.03. The highest BCUT2D eigenvalue weighted by Gasteiger charge is 2.10. The monoisotopic (exact) mass is 144 g/mol. The van der Waals surface area contributed by atoms with Crippen molar-refractivity contribution in [2.24, 2.45) is 0 Å². The summed E-state index contributed by atoms with van der Waals surface area (Å²) in [6.07, 6.45) is 3.99. The largest absolute Gasteiger partial charge is 0.366 e. The lowest BCUT2D eigenvalue weighted by Gasteiger charge is -1.80. The predicted molar refractivity (Wildman–Crippen MR) is 35.6 cm³/mol. The zero-order valence-electron chi connectivity index (χ0n) is 3.97. The quantitative estimate of drug-likeness (QED) is 0.542. The van der Waals surface area contributed by atoms with Crippen molar-refractivity contribution in [3.8, 4) is 0 Å². The summed E-state index contributed by atoms with van der Waals surface area (Å²) in [6, 6.07) is 0. The van der Waals surface area contributed by atoms with Crippen molar-refractivity contribution < 1.29 is 0 Å². The summed E-state index contributed by atoms with van der Waals surface area (Å²) in [4.78, 5) is 5.62. The molecule has 2 rings (SSSR count). The molecule has 0 atom stereocenters. The molecule has 2 nitrogen and oxygen atoms in total. The highest BCUT2D eigenvalue weighted by Crippen LogP contribution is 2.36. The van der Waals surface area contributed by atoms with Gasteiger partial charge in [-0.05, 0) is 23.9 Å².